The Kier molecular flexibility index (Phi) is 4.18. The van der Waals surface area contributed by atoms with Crippen molar-refractivity contribution in [2.75, 3.05) is 6.61 Å². The highest BCUT2D eigenvalue weighted by atomic mass is 16.5. The number of hydrazine groups is 1. The third kappa shape index (κ3) is 2.97. The van der Waals surface area contributed by atoms with Crippen molar-refractivity contribution in [2.45, 2.75) is 45.2 Å². The second kappa shape index (κ2) is 5.19. The van der Waals surface area contributed by atoms with Crippen LogP contribution in [0.1, 0.15) is 33.1 Å². The van der Waals surface area contributed by atoms with Crippen LogP contribution in [0.5, 0.6) is 0 Å². The van der Waals surface area contributed by atoms with Crippen molar-refractivity contribution in [1.82, 2.24) is 10.9 Å². The van der Waals surface area contributed by atoms with Gasteiger partial charge in [-0.1, -0.05) is 13.8 Å². The van der Waals surface area contributed by atoms with Crippen LogP contribution >= 0.6 is 0 Å². The van der Waals surface area contributed by atoms with E-state index in [1.165, 1.54) is 0 Å². The second-order valence-corrected chi connectivity index (χ2v) is 3.35. The number of nitrogens with one attached hydrogen (secondary N) is 2. The van der Waals surface area contributed by atoms with E-state index < -0.39 is 0 Å². The van der Waals surface area contributed by atoms with E-state index in [2.05, 4.69) is 17.8 Å². The van der Waals surface area contributed by atoms with E-state index in [4.69, 9.17) is 4.74 Å². The van der Waals surface area contributed by atoms with E-state index in [9.17, 15) is 4.79 Å². The minimum Gasteiger partial charge on any atom is -0.465 e. The molecule has 76 valence electrons. The van der Waals surface area contributed by atoms with Crippen LogP contribution < -0.4 is 10.9 Å². The molecule has 1 aliphatic rings. The summed E-state index contributed by atoms with van der Waals surface area (Å²) in [7, 11) is 0. The van der Waals surface area contributed by atoms with Crippen LogP contribution in [-0.2, 0) is 9.53 Å². The largest absolute Gasteiger partial charge is 0.465 e. The van der Waals surface area contributed by atoms with E-state index in [0.717, 1.165) is 19.3 Å². The standard InChI is InChI=1S/C9H18N2O2/c1-3-5-13-9(12)8-6-7(4-2)10-11-8/h7-8,10-11H,3-6H2,1-2H3. The lowest BCUT2D eigenvalue weighted by Gasteiger charge is -2.08. The Labute approximate surface area is 79.0 Å². The lowest BCUT2D eigenvalue weighted by atomic mass is 10.1. The molecule has 1 saturated heterocycles. The number of ether oxygens (including phenoxy) is 1. The van der Waals surface area contributed by atoms with Gasteiger partial charge in [0.2, 0.25) is 0 Å². The van der Waals surface area contributed by atoms with Crippen LogP contribution in [-0.4, -0.2) is 24.7 Å². The molecule has 0 aromatic rings. The highest BCUT2D eigenvalue weighted by molar-refractivity contribution is 5.76. The van der Waals surface area contributed by atoms with Crippen LogP contribution in [0, 0.1) is 0 Å². The molecule has 0 aliphatic carbocycles. The predicted octanol–water partition coefficient (Wildman–Crippen LogP) is 0.585. The van der Waals surface area contributed by atoms with Crippen molar-refractivity contribution < 1.29 is 9.53 Å². The first-order valence-corrected chi connectivity index (χ1v) is 4.95. The quantitative estimate of drug-likeness (QED) is 0.631. The summed E-state index contributed by atoms with van der Waals surface area (Å²) < 4.78 is 5.03. The highest BCUT2D eigenvalue weighted by Crippen LogP contribution is 2.09. The number of hydrogen-bond donors (Lipinski definition) is 2. The number of rotatable bonds is 4. The van der Waals surface area contributed by atoms with Gasteiger partial charge in [-0.15, -0.1) is 0 Å². The summed E-state index contributed by atoms with van der Waals surface area (Å²) in [6.07, 6.45) is 2.74. The molecule has 0 radical (unpaired) electrons. The van der Waals surface area contributed by atoms with Crippen molar-refractivity contribution in [3.8, 4) is 0 Å². The second-order valence-electron chi connectivity index (χ2n) is 3.35. The van der Waals surface area contributed by atoms with Crippen molar-refractivity contribution >= 4 is 5.97 Å². The molecule has 2 atom stereocenters. The molecule has 4 nitrogen and oxygen atoms in total. The van der Waals surface area contributed by atoms with Gasteiger partial charge in [0.1, 0.15) is 6.04 Å². The molecule has 0 bridgehead atoms. The summed E-state index contributed by atoms with van der Waals surface area (Å²) in [5.41, 5.74) is 6.00. The molecule has 2 unspecified atom stereocenters. The van der Waals surface area contributed by atoms with Crippen LogP contribution in [0.15, 0.2) is 0 Å². The average Bonchev–Trinajstić information content (AvgIpc) is 2.62. The zero-order valence-electron chi connectivity index (χ0n) is 8.30. The van der Waals surface area contributed by atoms with Crippen molar-refractivity contribution in [3.05, 3.63) is 0 Å². The number of carbonyl (C=O) groups is 1. The Morgan fingerprint density at radius 3 is 2.77 bits per heavy atom. The lowest BCUT2D eigenvalue weighted by molar-refractivity contribution is -0.145. The topological polar surface area (TPSA) is 50.4 Å². The summed E-state index contributed by atoms with van der Waals surface area (Å²) in [6, 6.07) is 0.246. The molecule has 1 aliphatic heterocycles. The monoisotopic (exact) mass is 186 g/mol. The molecule has 0 spiro atoms. The Morgan fingerprint density at radius 2 is 2.23 bits per heavy atom. The number of carbonyl (C=O) groups excluding carboxylic acids is 1. The highest BCUT2D eigenvalue weighted by Gasteiger charge is 2.28. The normalized spacial score (nSPS) is 27.5. The molecule has 4 heteroatoms. The van der Waals surface area contributed by atoms with Crippen LogP contribution in [0.2, 0.25) is 0 Å². The molecule has 1 fully saturated rings. The van der Waals surface area contributed by atoms with Gasteiger partial charge in [-0.2, -0.15) is 0 Å². The minimum atomic E-state index is -0.156. The van der Waals surface area contributed by atoms with Crippen LogP contribution in [0.4, 0.5) is 0 Å². The zero-order valence-corrected chi connectivity index (χ0v) is 8.30. The maximum absolute atomic E-state index is 11.3. The SMILES string of the molecule is CCCOC(=O)C1CC(CC)NN1. The van der Waals surface area contributed by atoms with Gasteiger partial charge in [0.25, 0.3) is 0 Å². The fourth-order valence-electron chi connectivity index (χ4n) is 1.35. The summed E-state index contributed by atoms with van der Waals surface area (Å²) in [4.78, 5) is 11.3. The molecular formula is C9H18N2O2. The van der Waals surface area contributed by atoms with Gasteiger partial charge < -0.3 is 4.74 Å². The van der Waals surface area contributed by atoms with Gasteiger partial charge in [0.15, 0.2) is 0 Å². The fraction of sp³-hybridized carbons (Fsp3) is 0.889. The van der Waals surface area contributed by atoms with E-state index >= 15 is 0 Å². The third-order valence-electron chi connectivity index (χ3n) is 2.21. The lowest BCUT2D eigenvalue weighted by Crippen LogP contribution is -2.38. The minimum absolute atomic E-state index is 0.134. The third-order valence-corrected chi connectivity index (χ3v) is 2.21. The van der Waals surface area contributed by atoms with Crippen LogP contribution in [0.25, 0.3) is 0 Å². The molecule has 0 aromatic carbocycles. The van der Waals surface area contributed by atoms with Crippen molar-refractivity contribution in [2.24, 2.45) is 0 Å². The first-order valence-electron chi connectivity index (χ1n) is 4.95. The Hall–Kier alpha value is -0.610. The summed E-state index contributed by atoms with van der Waals surface area (Å²) in [5.74, 6) is -0.134. The molecule has 1 rings (SSSR count). The maximum Gasteiger partial charge on any atom is 0.324 e. The van der Waals surface area contributed by atoms with Gasteiger partial charge in [-0.25, -0.2) is 5.43 Å². The van der Waals surface area contributed by atoms with Gasteiger partial charge in [0.05, 0.1) is 6.61 Å². The van der Waals surface area contributed by atoms with Crippen molar-refractivity contribution in [1.29, 1.82) is 0 Å². The van der Waals surface area contributed by atoms with Gasteiger partial charge in [-0.05, 0) is 19.3 Å². The predicted molar refractivity (Wildman–Crippen MR) is 50.0 cm³/mol. The summed E-state index contributed by atoms with van der Waals surface area (Å²) in [5, 5.41) is 0. The Bertz CT molecular complexity index is 173. The van der Waals surface area contributed by atoms with E-state index in [0.29, 0.717) is 12.6 Å². The zero-order chi connectivity index (χ0) is 9.68. The Morgan fingerprint density at radius 1 is 1.46 bits per heavy atom. The van der Waals surface area contributed by atoms with Gasteiger partial charge >= 0.3 is 5.97 Å². The van der Waals surface area contributed by atoms with E-state index in [-0.39, 0.29) is 12.0 Å². The summed E-state index contributed by atoms with van der Waals surface area (Å²) in [6.45, 7) is 4.61. The van der Waals surface area contributed by atoms with E-state index in [1.54, 1.807) is 0 Å². The molecule has 1 heterocycles. The maximum atomic E-state index is 11.3. The summed E-state index contributed by atoms with van der Waals surface area (Å²) >= 11 is 0. The number of hydrogen-bond acceptors (Lipinski definition) is 4. The van der Waals surface area contributed by atoms with E-state index in [1.807, 2.05) is 6.92 Å². The molecule has 0 amide bonds. The Balaban J connectivity index is 2.25. The van der Waals surface area contributed by atoms with Gasteiger partial charge in [0, 0.05) is 6.04 Å². The molecule has 2 N–H and O–H groups in total. The first kappa shape index (κ1) is 10.5. The molecule has 13 heavy (non-hydrogen) atoms. The van der Waals surface area contributed by atoms with Crippen molar-refractivity contribution in [3.63, 3.8) is 0 Å². The number of esters is 1. The first-order chi connectivity index (χ1) is 6.27. The molecule has 0 saturated carbocycles. The smallest absolute Gasteiger partial charge is 0.324 e. The van der Waals surface area contributed by atoms with Crippen LogP contribution in [0.3, 0.4) is 0 Å². The molecule has 0 aromatic heterocycles. The van der Waals surface area contributed by atoms with Gasteiger partial charge in [-0.3, -0.25) is 10.2 Å². The average molecular weight is 186 g/mol. The fourth-order valence-corrected chi connectivity index (χ4v) is 1.35. The molecular weight excluding hydrogens is 168 g/mol.